The molecule has 0 amide bonds. The monoisotopic (exact) mass is 321 g/mol. The van der Waals surface area contributed by atoms with E-state index in [4.69, 9.17) is 5.26 Å². The first-order valence-corrected chi connectivity index (χ1v) is 5.45. The Morgan fingerprint density at radius 1 is 1.50 bits per heavy atom. The fourth-order valence-corrected chi connectivity index (χ4v) is 1.89. The van der Waals surface area contributed by atoms with Gasteiger partial charge in [0.15, 0.2) is 0 Å². The number of nitrogens with zero attached hydrogens (tertiary/aromatic N) is 1. The lowest BCUT2D eigenvalue weighted by Crippen LogP contribution is -2.12. The van der Waals surface area contributed by atoms with Crippen molar-refractivity contribution in [3.8, 4) is 6.07 Å². The van der Waals surface area contributed by atoms with Crippen molar-refractivity contribution in [1.29, 1.82) is 5.26 Å². The molecule has 1 aromatic rings. The molecule has 1 rings (SSSR count). The van der Waals surface area contributed by atoms with E-state index in [0.29, 0.717) is 0 Å². The van der Waals surface area contributed by atoms with Gasteiger partial charge in [0.05, 0.1) is 24.7 Å². The van der Waals surface area contributed by atoms with E-state index in [2.05, 4.69) is 20.7 Å². The number of esters is 1. The van der Waals surface area contributed by atoms with Crippen LogP contribution < -0.4 is 0 Å². The van der Waals surface area contributed by atoms with E-state index in [-0.39, 0.29) is 16.5 Å². The number of hydrogen-bond acceptors (Lipinski definition) is 3. The summed E-state index contributed by atoms with van der Waals surface area (Å²) >= 11 is 2.92. The van der Waals surface area contributed by atoms with Crippen LogP contribution in [0.2, 0.25) is 0 Å². The lowest BCUT2D eigenvalue weighted by atomic mass is 9.99. The maximum atomic E-state index is 12.7. The fraction of sp³-hybridized carbons (Fsp3) is 0.273. The summed E-state index contributed by atoms with van der Waals surface area (Å²) in [4.78, 5) is 11.1. The molecule has 0 atom stereocenters. The third-order valence-corrected chi connectivity index (χ3v) is 2.62. The van der Waals surface area contributed by atoms with Crippen molar-refractivity contribution in [1.82, 2.24) is 0 Å². The maximum Gasteiger partial charge on any atom is 0.417 e. The number of ether oxygens (including phenoxy) is 1. The smallest absolute Gasteiger partial charge is 0.417 e. The van der Waals surface area contributed by atoms with Gasteiger partial charge in [-0.05, 0) is 17.7 Å². The fourth-order valence-electron chi connectivity index (χ4n) is 1.39. The van der Waals surface area contributed by atoms with E-state index in [1.165, 1.54) is 12.1 Å². The highest BCUT2D eigenvalue weighted by molar-refractivity contribution is 9.10. The number of carbonyl (C=O) groups is 1. The van der Waals surface area contributed by atoms with Crippen LogP contribution in [-0.4, -0.2) is 13.1 Å². The molecular weight excluding hydrogens is 315 g/mol. The van der Waals surface area contributed by atoms with Crippen molar-refractivity contribution in [2.45, 2.75) is 12.6 Å². The van der Waals surface area contributed by atoms with E-state index in [1.54, 1.807) is 0 Å². The summed E-state index contributed by atoms with van der Waals surface area (Å²) in [5.74, 6) is -0.710. The van der Waals surface area contributed by atoms with Crippen molar-refractivity contribution in [3.05, 3.63) is 33.3 Å². The number of alkyl halides is 3. The molecular formula is C11H7BrF3NO2. The predicted octanol–water partition coefficient (Wildman–Crippen LogP) is 3.06. The van der Waals surface area contributed by atoms with E-state index in [9.17, 15) is 18.0 Å². The summed E-state index contributed by atoms with van der Waals surface area (Å²) in [5.41, 5.74) is -1.65. The molecule has 0 N–H and O–H groups in total. The average Bonchev–Trinajstić information content (AvgIpc) is 2.27. The normalized spacial score (nSPS) is 10.9. The number of benzene rings is 1. The lowest BCUT2D eigenvalue weighted by molar-refractivity contribution is -0.140. The molecule has 1 aromatic carbocycles. The second-order valence-corrected chi connectivity index (χ2v) is 4.27. The highest BCUT2D eigenvalue weighted by Gasteiger charge is 2.35. The van der Waals surface area contributed by atoms with Gasteiger partial charge in [-0.15, -0.1) is 0 Å². The van der Waals surface area contributed by atoms with Crippen molar-refractivity contribution in [2.24, 2.45) is 0 Å². The van der Waals surface area contributed by atoms with Crippen LogP contribution in [0.4, 0.5) is 13.2 Å². The van der Waals surface area contributed by atoms with Crippen LogP contribution in [0.3, 0.4) is 0 Å². The number of halogens is 4. The van der Waals surface area contributed by atoms with Gasteiger partial charge in [0.1, 0.15) is 6.07 Å². The first-order valence-electron chi connectivity index (χ1n) is 4.66. The van der Waals surface area contributed by atoms with Gasteiger partial charge >= 0.3 is 12.1 Å². The van der Waals surface area contributed by atoms with Gasteiger partial charge in [-0.2, -0.15) is 18.4 Å². The molecule has 0 bridgehead atoms. The highest BCUT2D eigenvalue weighted by atomic mass is 79.9. The van der Waals surface area contributed by atoms with Crippen LogP contribution >= 0.6 is 15.9 Å². The molecule has 0 heterocycles. The number of rotatable bonds is 2. The zero-order valence-corrected chi connectivity index (χ0v) is 10.7. The largest absolute Gasteiger partial charge is 0.469 e. The van der Waals surface area contributed by atoms with Crippen molar-refractivity contribution < 1.29 is 22.7 Å². The summed E-state index contributed by atoms with van der Waals surface area (Å²) in [6.45, 7) is 0. The van der Waals surface area contributed by atoms with Crippen LogP contribution in [0.25, 0.3) is 0 Å². The zero-order valence-electron chi connectivity index (χ0n) is 9.14. The summed E-state index contributed by atoms with van der Waals surface area (Å²) < 4.78 is 42.7. The molecule has 18 heavy (non-hydrogen) atoms. The SMILES string of the molecule is COC(=O)Cc1cc(Br)cc(C(F)(F)F)c1C#N. The van der Waals surface area contributed by atoms with E-state index < -0.39 is 23.3 Å². The molecule has 3 nitrogen and oxygen atoms in total. The van der Waals surface area contributed by atoms with Crippen molar-refractivity contribution in [3.63, 3.8) is 0 Å². The number of methoxy groups -OCH3 is 1. The highest BCUT2D eigenvalue weighted by Crippen LogP contribution is 2.35. The Morgan fingerprint density at radius 2 is 2.11 bits per heavy atom. The zero-order chi connectivity index (χ0) is 13.9. The van der Waals surface area contributed by atoms with Crippen LogP contribution in [0.1, 0.15) is 16.7 Å². The topological polar surface area (TPSA) is 50.1 Å². The molecule has 0 unspecified atom stereocenters. The predicted molar refractivity (Wildman–Crippen MR) is 59.6 cm³/mol. The van der Waals surface area contributed by atoms with E-state index in [0.717, 1.165) is 13.2 Å². The molecule has 0 saturated heterocycles. The second kappa shape index (κ2) is 5.40. The van der Waals surface area contributed by atoms with Crippen LogP contribution in [-0.2, 0) is 22.1 Å². The third-order valence-electron chi connectivity index (χ3n) is 2.16. The standard InChI is InChI=1S/C11H7BrF3NO2/c1-18-10(17)3-6-2-7(12)4-9(8(6)5-16)11(13,14)15/h2,4H,3H2,1H3. The van der Waals surface area contributed by atoms with Crippen LogP contribution in [0, 0.1) is 11.3 Å². The van der Waals surface area contributed by atoms with Gasteiger partial charge in [0, 0.05) is 4.47 Å². The van der Waals surface area contributed by atoms with Crippen molar-refractivity contribution in [2.75, 3.05) is 7.11 Å². The van der Waals surface area contributed by atoms with Gasteiger partial charge < -0.3 is 4.74 Å². The van der Waals surface area contributed by atoms with Gasteiger partial charge in [-0.3, -0.25) is 4.79 Å². The van der Waals surface area contributed by atoms with Crippen LogP contribution in [0.5, 0.6) is 0 Å². The maximum absolute atomic E-state index is 12.7. The third kappa shape index (κ3) is 3.23. The Balaban J connectivity index is 3.40. The number of nitriles is 1. The Hall–Kier alpha value is -1.55. The van der Waals surface area contributed by atoms with Gasteiger partial charge in [-0.1, -0.05) is 15.9 Å². The lowest BCUT2D eigenvalue weighted by Gasteiger charge is -2.12. The summed E-state index contributed by atoms with van der Waals surface area (Å²) in [5, 5.41) is 8.82. The Labute approximate surface area is 109 Å². The first-order chi connectivity index (χ1) is 8.29. The molecule has 0 aliphatic rings. The minimum Gasteiger partial charge on any atom is -0.469 e. The molecule has 0 saturated carbocycles. The summed E-state index contributed by atoms with van der Waals surface area (Å²) in [6.07, 6.45) is -5.04. The molecule has 7 heteroatoms. The first kappa shape index (κ1) is 14.5. The second-order valence-electron chi connectivity index (χ2n) is 3.35. The molecule has 0 aliphatic carbocycles. The minimum absolute atomic E-state index is 0.0222. The van der Waals surface area contributed by atoms with Gasteiger partial charge in [0.25, 0.3) is 0 Å². The van der Waals surface area contributed by atoms with Crippen LogP contribution in [0.15, 0.2) is 16.6 Å². The molecule has 0 aliphatic heterocycles. The Bertz CT molecular complexity index is 520. The summed E-state index contributed by atoms with van der Waals surface area (Å²) in [6, 6.07) is 3.58. The molecule has 0 fully saturated rings. The summed E-state index contributed by atoms with van der Waals surface area (Å²) in [7, 11) is 1.12. The number of hydrogen-bond donors (Lipinski definition) is 0. The number of carbonyl (C=O) groups excluding carboxylic acids is 1. The van der Waals surface area contributed by atoms with E-state index >= 15 is 0 Å². The van der Waals surface area contributed by atoms with Crippen molar-refractivity contribution >= 4 is 21.9 Å². The molecule has 96 valence electrons. The average molecular weight is 322 g/mol. The molecule has 0 spiro atoms. The minimum atomic E-state index is -4.65. The van der Waals surface area contributed by atoms with Gasteiger partial charge in [0.2, 0.25) is 0 Å². The van der Waals surface area contributed by atoms with Gasteiger partial charge in [-0.25, -0.2) is 0 Å². The molecule has 0 radical (unpaired) electrons. The quantitative estimate of drug-likeness (QED) is 0.787. The molecule has 0 aromatic heterocycles. The van der Waals surface area contributed by atoms with E-state index in [1.807, 2.05) is 0 Å². The Kier molecular flexibility index (Phi) is 4.35. The Morgan fingerprint density at radius 3 is 2.56 bits per heavy atom.